The summed E-state index contributed by atoms with van der Waals surface area (Å²) in [6.07, 6.45) is 0. The zero-order chi connectivity index (χ0) is 8.85. The molecule has 0 aromatic heterocycles. The minimum absolute atomic E-state index is 0.00819. The van der Waals surface area contributed by atoms with Crippen molar-refractivity contribution in [3.8, 4) is 0 Å². The highest BCUT2D eigenvalue weighted by atomic mass is 32.1. The zero-order valence-electron chi connectivity index (χ0n) is 7.22. The van der Waals surface area contributed by atoms with Crippen molar-refractivity contribution in [3.63, 3.8) is 0 Å². The minimum Gasteiger partial charge on any atom is -0.351 e. The molecule has 0 saturated heterocycles. The smallest absolute Gasteiger partial charge is 0.217 e. The maximum atomic E-state index is 10.7. The van der Waals surface area contributed by atoms with Gasteiger partial charge in [0.25, 0.3) is 0 Å². The fourth-order valence-corrected chi connectivity index (χ4v) is 1.20. The lowest BCUT2D eigenvalue weighted by Gasteiger charge is -2.22. The number of hydrogen-bond acceptors (Lipinski definition) is 3. The molecule has 0 aliphatic rings. The van der Waals surface area contributed by atoms with Crippen molar-refractivity contribution in [2.45, 2.75) is 25.9 Å². The number of thiol groups is 1. The Morgan fingerprint density at radius 2 is 2.18 bits per heavy atom. The van der Waals surface area contributed by atoms with Crippen LogP contribution in [0.4, 0.5) is 0 Å². The summed E-state index contributed by atoms with van der Waals surface area (Å²) in [4.78, 5) is 10.7. The van der Waals surface area contributed by atoms with E-state index < -0.39 is 0 Å². The van der Waals surface area contributed by atoms with E-state index in [1.807, 2.05) is 14.0 Å². The predicted octanol–water partition coefficient (Wildman–Crippen LogP) is 0.0288. The van der Waals surface area contributed by atoms with Gasteiger partial charge < -0.3 is 10.6 Å². The summed E-state index contributed by atoms with van der Waals surface area (Å²) in [7, 11) is 1.86. The molecule has 11 heavy (non-hydrogen) atoms. The summed E-state index contributed by atoms with van der Waals surface area (Å²) >= 11 is 4.13. The van der Waals surface area contributed by atoms with Crippen molar-refractivity contribution in [1.82, 2.24) is 10.6 Å². The fourth-order valence-electron chi connectivity index (χ4n) is 0.791. The molecule has 66 valence electrons. The van der Waals surface area contributed by atoms with Gasteiger partial charge in [-0.2, -0.15) is 12.6 Å². The number of nitrogens with one attached hydrogen (secondary N) is 2. The van der Waals surface area contributed by atoms with Gasteiger partial charge in [0.15, 0.2) is 0 Å². The first-order valence-corrected chi connectivity index (χ1v) is 4.30. The first kappa shape index (κ1) is 10.8. The molecule has 0 rings (SSSR count). The Hall–Kier alpha value is -0.220. The van der Waals surface area contributed by atoms with Crippen molar-refractivity contribution in [3.05, 3.63) is 0 Å². The Kier molecular flexibility index (Phi) is 5.32. The van der Waals surface area contributed by atoms with E-state index in [-0.39, 0.29) is 18.0 Å². The minimum atomic E-state index is -0.00819. The molecule has 0 aliphatic heterocycles. The molecule has 0 spiro atoms. The first-order chi connectivity index (χ1) is 5.11. The number of likely N-dealkylation sites (N-methyl/N-ethyl adjacent to an activating group) is 1. The largest absolute Gasteiger partial charge is 0.351 e. The average molecular weight is 176 g/mol. The molecule has 2 atom stereocenters. The van der Waals surface area contributed by atoms with Crippen LogP contribution < -0.4 is 10.6 Å². The van der Waals surface area contributed by atoms with E-state index in [1.54, 1.807) is 0 Å². The second-order valence-electron chi connectivity index (χ2n) is 2.57. The molecule has 4 heteroatoms. The summed E-state index contributed by atoms with van der Waals surface area (Å²) < 4.78 is 0. The van der Waals surface area contributed by atoms with Crippen LogP contribution in [0, 0.1) is 0 Å². The highest BCUT2D eigenvalue weighted by molar-refractivity contribution is 7.80. The molecule has 0 heterocycles. The molecule has 0 aliphatic carbocycles. The van der Waals surface area contributed by atoms with Crippen molar-refractivity contribution in [2.24, 2.45) is 0 Å². The Morgan fingerprint density at radius 3 is 2.45 bits per heavy atom. The lowest BCUT2D eigenvalue weighted by Crippen LogP contribution is -2.47. The van der Waals surface area contributed by atoms with Crippen LogP contribution in [0.15, 0.2) is 0 Å². The third-order valence-corrected chi connectivity index (χ3v) is 2.04. The van der Waals surface area contributed by atoms with Crippen LogP contribution in [0.3, 0.4) is 0 Å². The van der Waals surface area contributed by atoms with Gasteiger partial charge in [0.1, 0.15) is 0 Å². The molecule has 0 fully saturated rings. The topological polar surface area (TPSA) is 41.1 Å². The number of carbonyl (C=O) groups excluding carboxylic acids is 1. The molecule has 0 bridgehead atoms. The number of carbonyl (C=O) groups is 1. The van der Waals surface area contributed by atoms with E-state index in [4.69, 9.17) is 0 Å². The van der Waals surface area contributed by atoms with Crippen LogP contribution in [0.1, 0.15) is 13.8 Å². The van der Waals surface area contributed by atoms with Gasteiger partial charge in [-0.3, -0.25) is 4.79 Å². The molecular weight excluding hydrogens is 160 g/mol. The van der Waals surface area contributed by atoms with Gasteiger partial charge in [-0.1, -0.05) is 0 Å². The average Bonchev–Trinajstić information content (AvgIpc) is 1.98. The van der Waals surface area contributed by atoms with Gasteiger partial charge in [-0.25, -0.2) is 0 Å². The monoisotopic (exact) mass is 176 g/mol. The Labute approximate surface area is 73.3 Å². The van der Waals surface area contributed by atoms with Gasteiger partial charge in [0.2, 0.25) is 5.91 Å². The van der Waals surface area contributed by atoms with Crippen molar-refractivity contribution in [1.29, 1.82) is 0 Å². The van der Waals surface area contributed by atoms with E-state index in [2.05, 4.69) is 23.3 Å². The van der Waals surface area contributed by atoms with Gasteiger partial charge in [-0.15, -0.1) is 0 Å². The maximum Gasteiger partial charge on any atom is 0.217 e. The molecule has 0 saturated carbocycles. The van der Waals surface area contributed by atoms with E-state index in [0.717, 1.165) is 0 Å². The lowest BCUT2D eigenvalue weighted by molar-refractivity contribution is -0.119. The van der Waals surface area contributed by atoms with Crippen LogP contribution in [-0.4, -0.2) is 30.8 Å². The Bertz CT molecular complexity index is 130. The summed E-state index contributed by atoms with van der Waals surface area (Å²) in [5.41, 5.74) is 0. The van der Waals surface area contributed by atoms with Crippen LogP contribution in [0.5, 0.6) is 0 Å². The summed E-state index contributed by atoms with van der Waals surface area (Å²) in [6.45, 7) is 3.52. The highest BCUT2D eigenvalue weighted by Gasteiger charge is 2.13. The molecule has 2 N–H and O–H groups in total. The molecule has 1 amide bonds. The number of hydrogen-bond donors (Lipinski definition) is 3. The summed E-state index contributed by atoms with van der Waals surface area (Å²) in [5, 5.41) is 5.86. The van der Waals surface area contributed by atoms with Gasteiger partial charge in [0.05, 0.1) is 6.04 Å². The summed E-state index contributed by atoms with van der Waals surface area (Å²) in [6, 6.07) is 0.372. The third kappa shape index (κ3) is 4.27. The second-order valence-corrected chi connectivity index (χ2v) is 2.93. The molecule has 0 radical (unpaired) electrons. The third-order valence-electron chi connectivity index (χ3n) is 1.64. The molecular formula is C7H16N2OS. The number of rotatable bonds is 4. The van der Waals surface area contributed by atoms with Gasteiger partial charge in [0, 0.05) is 18.7 Å². The lowest BCUT2D eigenvalue weighted by atomic mass is 10.2. The molecule has 3 nitrogen and oxygen atoms in total. The van der Waals surface area contributed by atoms with Gasteiger partial charge in [-0.05, 0) is 14.0 Å². The van der Waals surface area contributed by atoms with Crippen LogP contribution >= 0.6 is 12.6 Å². The maximum absolute atomic E-state index is 10.7. The standard InChI is InChI=1S/C7H16N2OS/c1-5(8-3)7(4-11)9-6(2)10/h5,7-8,11H,4H2,1-3H3,(H,9,10)/t5-,7?/m1/s1. The SMILES string of the molecule is CN[C@H](C)C(CS)NC(C)=O. The van der Waals surface area contributed by atoms with E-state index >= 15 is 0 Å². The Morgan fingerprint density at radius 1 is 1.64 bits per heavy atom. The van der Waals surface area contributed by atoms with Gasteiger partial charge >= 0.3 is 0 Å². The van der Waals surface area contributed by atoms with E-state index in [9.17, 15) is 4.79 Å². The van der Waals surface area contributed by atoms with Crippen LogP contribution in [-0.2, 0) is 4.79 Å². The first-order valence-electron chi connectivity index (χ1n) is 3.67. The van der Waals surface area contributed by atoms with Crippen LogP contribution in [0.2, 0.25) is 0 Å². The van der Waals surface area contributed by atoms with Crippen LogP contribution in [0.25, 0.3) is 0 Å². The molecule has 0 aromatic rings. The van der Waals surface area contributed by atoms with E-state index in [1.165, 1.54) is 6.92 Å². The quantitative estimate of drug-likeness (QED) is 0.529. The molecule has 1 unspecified atom stereocenters. The predicted molar refractivity (Wildman–Crippen MR) is 50.0 cm³/mol. The summed E-state index contributed by atoms with van der Waals surface area (Å²) in [5.74, 6) is 0.646. The molecule has 0 aromatic carbocycles. The second kappa shape index (κ2) is 5.43. The van der Waals surface area contributed by atoms with E-state index in [0.29, 0.717) is 5.75 Å². The van der Waals surface area contributed by atoms with Crippen molar-refractivity contribution < 1.29 is 4.79 Å². The number of amides is 1. The fraction of sp³-hybridized carbons (Fsp3) is 0.857. The van der Waals surface area contributed by atoms with Crippen molar-refractivity contribution >= 4 is 18.5 Å². The highest BCUT2D eigenvalue weighted by Crippen LogP contribution is 1.94. The normalized spacial score (nSPS) is 15.6. The Balaban J connectivity index is 3.84. The van der Waals surface area contributed by atoms with Crippen molar-refractivity contribution in [2.75, 3.05) is 12.8 Å². The zero-order valence-corrected chi connectivity index (χ0v) is 8.11.